The molecule has 1 unspecified atom stereocenters. The van der Waals surface area contributed by atoms with E-state index in [1.807, 2.05) is 0 Å². The van der Waals surface area contributed by atoms with Gasteiger partial charge in [-0.2, -0.15) is 0 Å². The molecule has 0 radical (unpaired) electrons. The van der Waals surface area contributed by atoms with E-state index in [9.17, 15) is 0 Å². The van der Waals surface area contributed by atoms with E-state index in [-0.39, 0.29) is 0 Å². The zero-order chi connectivity index (χ0) is 11.3. The van der Waals surface area contributed by atoms with Gasteiger partial charge in [0.2, 0.25) is 0 Å². The third kappa shape index (κ3) is 4.48. The Morgan fingerprint density at radius 2 is 1.73 bits per heavy atom. The Morgan fingerprint density at radius 3 is 2.20 bits per heavy atom. The van der Waals surface area contributed by atoms with Crippen LogP contribution < -0.4 is 5.73 Å². The molecule has 1 atom stereocenters. The molecule has 0 fully saturated rings. The molecule has 1 nitrogen and oxygen atoms in total. The molecule has 1 heteroatoms. The lowest BCUT2D eigenvalue weighted by molar-refractivity contribution is 0.415. The Morgan fingerprint density at radius 1 is 1.13 bits per heavy atom. The van der Waals surface area contributed by atoms with E-state index >= 15 is 0 Å². The van der Waals surface area contributed by atoms with Gasteiger partial charge in [-0.3, -0.25) is 0 Å². The van der Waals surface area contributed by atoms with E-state index < -0.39 is 0 Å². The van der Waals surface area contributed by atoms with Crippen LogP contribution in [-0.4, -0.2) is 6.54 Å². The van der Waals surface area contributed by atoms with Gasteiger partial charge in [-0.25, -0.2) is 0 Å². The quantitative estimate of drug-likeness (QED) is 0.785. The summed E-state index contributed by atoms with van der Waals surface area (Å²) in [6.07, 6.45) is 2.35. The summed E-state index contributed by atoms with van der Waals surface area (Å²) in [5, 5.41) is 0. The van der Waals surface area contributed by atoms with E-state index in [0.717, 1.165) is 18.9 Å². The van der Waals surface area contributed by atoms with Crippen molar-refractivity contribution in [1.82, 2.24) is 0 Å². The van der Waals surface area contributed by atoms with Crippen LogP contribution in [0.15, 0.2) is 24.3 Å². The Labute approximate surface area is 93.7 Å². The summed E-state index contributed by atoms with van der Waals surface area (Å²) in [7, 11) is 0. The topological polar surface area (TPSA) is 26.0 Å². The third-order valence-corrected chi connectivity index (χ3v) is 2.78. The average molecular weight is 205 g/mol. The summed E-state index contributed by atoms with van der Waals surface area (Å²) >= 11 is 0. The van der Waals surface area contributed by atoms with Gasteiger partial charge < -0.3 is 5.73 Å². The second-order valence-corrected chi connectivity index (χ2v) is 4.92. The molecule has 0 amide bonds. The maximum Gasteiger partial charge on any atom is -0.00456 e. The Hall–Kier alpha value is -0.820. The molecule has 15 heavy (non-hydrogen) atoms. The van der Waals surface area contributed by atoms with Gasteiger partial charge in [-0.1, -0.05) is 43.7 Å². The van der Waals surface area contributed by atoms with E-state index in [2.05, 4.69) is 45.0 Å². The molecule has 0 heterocycles. The minimum atomic E-state index is 0.632. The molecule has 2 N–H and O–H groups in total. The minimum absolute atomic E-state index is 0.632. The smallest absolute Gasteiger partial charge is 0.00456 e. The van der Waals surface area contributed by atoms with Crippen LogP contribution in [0.5, 0.6) is 0 Å². The molecule has 84 valence electrons. The third-order valence-electron chi connectivity index (χ3n) is 2.78. The standard InChI is InChI=1S/C14H23N/c1-11(2)8-14(10-15)9-13-6-4-12(3)5-7-13/h4-7,11,14H,8-10,15H2,1-3H3. The van der Waals surface area contributed by atoms with Gasteiger partial charge in [0.15, 0.2) is 0 Å². The predicted molar refractivity (Wildman–Crippen MR) is 66.9 cm³/mol. The molecule has 1 aromatic carbocycles. The zero-order valence-electron chi connectivity index (χ0n) is 10.2. The maximum atomic E-state index is 5.80. The highest BCUT2D eigenvalue weighted by molar-refractivity contribution is 5.21. The molecule has 0 saturated carbocycles. The van der Waals surface area contributed by atoms with Crippen LogP contribution in [0.2, 0.25) is 0 Å². The Bertz CT molecular complexity index is 274. The second-order valence-electron chi connectivity index (χ2n) is 4.92. The van der Waals surface area contributed by atoms with Crippen molar-refractivity contribution >= 4 is 0 Å². The van der Waals surface area contributed by atoms with Gasteiger partial charge in [-0.15, -0.1) is 0 Å². The molecule has 0 aliphatic carbocycles. The van der Waals surface area contributed by atoms with Crippen LogP contribution in [0.4, 0.5) is 0 Å². The molecule has 0 saturated heterocycles. The first-order chi connectivity index (χ1) is 7.11. The van der Waals surface area contributed by atoms with Crippen LogP contribution in [0, 0.1) is 18.8 Å². The fraction of sp³-hybridized carbons (Fsp3) is 0.571. The monoisotopic (exact) mass is 205 g/mol. The van der Waals surface area contributed by atoms with Crippen molar-refractivity contribution < 1.29 is 0 Å². The van der Waals surface area contributed by atoms with Gasteiger partial charge in [-0.05, 0) is 43.7 Å². The summed E-state index contributed by atoms with van der Waals surface area (Å²) in [5.41, 5.74) is 8.54. The first kappa shape index (κ1) is 12.3. The second kappa shape index (κ2) is 5.92. The zero-order valence-corrected chi connectivity index (χ0v) is 10.2. The number of nitrogens with two attached hydrogens (primary N) is 1. The fourth-order valence-electron chi connectivity index (χ4n) is 1.99. The summed E-state index contributed by atoms with van der Waals surface area (Å²) < 4.78 is 0. The maximum absolute atomic E-state index is 5.80. The van der Waals surface area contributed by atoms with E-state index in [1.165, 1.54) is 17.5 Å². The molecular formula is C14H23N. The molecule has 0 spiro atoms. The molecule has 0 bridgehead atoms. The van der Waals surface area contributed by atoms with Gasteiger partial charge in [0.1, 0.15) is 0 Å². The lowest BCUT2D eigenvalue weighted by Gasteiger charge is -2.17. The van der Waals surface area contributed by atoms with Gasteiger partial charge >= 0.3 is 0 Å². The largest absolute Gasteiger partial charge is 0.330 e. The van der Waals surface area contributed by atoms with Crippen LogP contribution in [-0.2, 0) is 6.42 Å². The first-order valence-electron chi connectivity index (χ1n) is 5.87. The van der Waals surface area contributed by atoms with Crippen LogP contribution in [0.25, 0.3) is 0 Å². The lowest BCUT2D eigenvalue weighted by atomic mass is 9.91. The van der Waals surface area contributed by atoms with Crippen molar-refractivity contribution in [3.63, 3.8) is 0 Å². The number of aryl methyl sites for hydroxylation is 1. The van der Waals surface area contributed by atoms with Gasteiger partial charge in [0, 0.05) is 0 Å². The van der Waals surface area contributed by atoms with Crippen molar-refractivity contribution in [1.29, 1.82) is 0 Å². The number of benzene rings is 1. The van der Waals surface area contributed by atoms with Crippen molar-refractivity contribution in [2.75, 3.05) is 6.54 Å². The Kier molecular flexibility index (Phi) is 4.83. The summed E-state index contributed by atoms with van der Waals surface area (Å²) in [5.74, 6) is 1.37. The molecule has 1 rings (SSSR count). The summed E-state index contributed by atoms with van der Waals surface area (Å²) in [4.78, 5) is 0. The van der Waals surface area contributed by atoms with E-state index in [4.69, 9.17) is 5.73 Å². The van der Waals surface area contributed by atoms with Gasteiger partial charge in [0.25, 0.3) is 0 Å². The van der Waals surface area contributed by atoms with Crippen molar-refractivity contribution in [3.05, 3.63) is 35.4 Å². The summed E-state index contributed by atoms with van der Waals surface area (Å²) in [6, 6.07) is 8.80. The normalized spacial score (nSPS) is 13.1. The highest BCUT2D eigenvalue weighted by Crippen LogP contribution is 2.16. The highest BCUT2D eigenvalue weighted by atomic mass is 14.5. The van der Waals surface area contributed by atoms with Gasteiger partial charge in [0.05, 0.1) is 0 Å². The van der Waals surface area contributed by atoms with Crippen molar-refractivity contribution in [3.8, 4) is 0 Å². The highest BCUT2D eigenvalue weighted by Gasteiger charge is 2.09. The minimum Gasteiger partial charge on any atom is -0.330 e. The molecule has 0 aliphatic rings. The number of hydrogen-bond acceptors (Lipinski definition) is 1. The molecule has 1 aromatic rings. The van der Waals surface area contributed by atoms with E-state index in [1.54, 1.807) is 0 Å². The SMILES string of the molecule is Cc1ccc(CC(CN)CC(C)C)cc1. The average Bonchev–Trinajstić information content (AvgIpc) is 2.19. The fourth-order valence-corrected chi connectivity index (χ4v) is 1.99. The van der Waals surface area contributed by atoms with Crippen LogP contribution in [0.1, 0.15) is 31.4 Å². The molecule has 0 aliphatic heterocycles. The summed E-state index contributed by atoms with van der Waals surface area (Å²) in [6.45, 7) is 7.44. The van der Waals surface area contributed by atoms with Crippen LogP contribution in [0.3, 0.4) is 0 Å². The van der Waals surface area contributed by atoms with Crippen LogP contribution >= 0.6 is 0 Å². The molecular weight excluding hydrogens is 182 g/mol. The van der Waals surface area contributed by atoms with E-state index in [0.29, 0.717) is 5.92 Å². The van der Waals surface area contributed by atoms with Crippen molar-refractivity contribution in [2.24, 2.45) is 17.6 Å². The molecule has 0 aromatic heterocycles. The number of hydrogen-bond donors (Lipinski definition) is 1. The Balaban J connectivity index is 2.54. The predicted octanol–water partition coefficient (Wildman–Crippen LogP) is 3.16. The lowest BCUT2D eigenvalue weighted by Crippen LogP contribution is -2.18. The van der Waals surface area contributed by atoms with Crippen molar-refractivity contribution in [2.45, 2.75) is 33.6 Å². The first-order valence-corrected chi connectivity index (χ1v) is 5.87. The number of rotatable bonds is 5.